The van der Waals surface area contributed by atoms with Crippen LogP contribution in [-0.2, 0) is 35.3 Å². The fraction of sp³-hybridized carbons (Fsp3) is 0.560. The quantitative estimate of drug-likeness (QED) is 0.0757. The van der Waals surface area contributed by atoms with Crippen molar-refractivity contribution in [2.24, 2.45) is 10.8 Å². The molecule has 0 fully saturated rings. The Hall–Kier alpha value is -4.36. The Kier molecular flexibility index (Phi) is 14.5. The molecule has 1 aromatic rings. The molecule has 15 heteroatoms. The summed E-state index contributed by atoms with van der Waals surface area (Å²) >= 11 is 0. The fourth-order valence-corrected chi connectivity index (χ4v) is 3.29. The van der Waals surface area contributed by atoms with E-state index < -0.39 is 47.5 Å². The first kappa shape index (κ1) is 33.7. The lowest BCUT2D eigenvalue weighted by molar-refractivity contribution is -0.147. The van der Waals surface area contributed by atoms with Crippen molar-refractivity contribution in [3.8, 4) is 0 Å². The molecule has 15 nitrogen and oxygen atoms in total. The Morgan fingerprint density at radius 1 is 1.10 bits per heavy atom. The Labute approximate surface area is 232 Å². The van der Waals surface area contributed by atoms with Crippen LogP contribution in [0.2, 0.25) is 0 Å². The number of nitrogens with two attached hydrogens (primary N) is 1. The summed E-state index contributed by atoms with van der Waals surface area (Å²) in [7, 11) is 1.47. The molecule has 1 rings (SSSR count). The molecular formula is C25H38N8O7. The molecule has 4 amide bonds. The van der Waals surface area contributed by atoms with Crippen LogP contribution in [0.1, 0.15) is 52.0 Å². The molecule has 0 bridgehead atoms. The molecule has 0 aromatic heterocycles. The lowest BCUT2D eigenvalue weighted by atomic mass is 10.1. The molecule has 0 aliphatic heterocycles. The molecule has 220 valence electrons. The third-order valence-electron chi connectivity index (χ3n) is 5.03. The molecule has 1 aromatic carbocycles. The maximum absolute atomic E-state index is 13.0. The van der Waals surface area contributed by atoms with E-state index in [4.69, 9.17) is 20.7 Å². The van der Waals surface area contributed by atoms with Crippen molar-refractivity contribution < 1.29 is 33.4 Å². The Bertz CT molecular complexity index is 1050. The number of esters is 1. The number of nitrogens with one attached hydrogen (secondary N) is 3. The minimum atomic E-state index is -1.19. The second kappa shape index (κ2) is 17.3. The van der Waals surface area contributed by atoms with E-state index in [1.807, 2.05) is 30.3 Å². The predicted octanol–water partition coefficient (Wildman–Crippen LogP) is 1.43. The second-order valence-corrected chi connectivity index (χ2v) is 9.89. The van der Waals surface area contributed by atoms with Crippen molar-refractivity contribution >= 4 is 29.8 Å². The standard InChI is InChI=1S/C25H38N8O7/c1-25(2,3)40-24(38)30-19(10-11-20(26)34)23(37)29-18(12-13-28-32-27)14-21(35)31-33(4)15-22(36)39-16-17-8-6-5-7-9-17/h5-9,18-19H,10-16H2,1-4H3,(H2,26,34)(H,29,37)(H,30,38)(H,31,35)/t18-,19-/m0/s1. The minimum Gasteiger partial charge on any atom is -0.460 e. The van der Waals surface area contributed by atoms with Crippen molar-refractivity contribution in [2.75, 3.05) is 20.1 Å². The van der Waals surface area contributed by atoms with E-state index in [0.717, 1.165) is 5.56 Å². The normalized spacial score (nSPS) is 12.3. The first-order valence-electron chi connectivity index (χ1n) is 12.6. The van der Waals surface area contributed by atoms with Crippen LogP contribution in [0.5, 0.6) is 0 Å². The van der Waals surface area contributed by atoms with E-state index in [0.29, 0.717) is 0 Å². The highest BCUT2D eigenvalue weighted by Crippen LogP contribution is 2.09. The Morgan fingerprint density at radius 3 is 2.38 bits per heavy atom. The molecule has 2 atom stereocenters. The number of likely N-dealkylation sites (N-methyl/N-ethyl adjacent to an activating group) is 1. The average molecular weight is 563 g/mol. The van der Waals surface area contributed by atoms with Gasteiger partial charge in [-0.05, 0) is 44.7 Å². The summed E-state index contributed by atoms with van der Waals surface area (Å²) in [4.78, 5) is 64.0. The monoisotopic (exact) mass is 562 g/mol. The summed E-state index contributed by atoms with van der Waals surface area (Å²) in [5.74, 6) is -2.47. The van der Waals surface area contributed by atoms with E-state index in [1.165, 1.54) is 12.1 Å². The van der Waals surface area contributed by atoms with Crippen LogP contribution in [-0.4, -0.2) is 72.6 Å². The van der Waals surface area contributed by atoms with Crippen LogP contribution in [0.25, 0.3) is 10.4 Å². The topological polar surface area (TPSA) is 218 Å². The highest BCUT2D eigenvalue weighted by molar-refractivity contribution is 5.87. The van der Waals surface area contributed by atoms with Gasteiger partial charge in [0.1, 0.15) is 24.8 Å². The van der Waals surface area contributed by atoms with Gasteiger partial charge in [0.2, 0.25) is 17.7 Å². The number of carbonyl (C=O) groups is 5. The summed E-state index contributed by atoms with van der Waals surface area (Å²) in [6.07, 6.45) is -1.32. The van der Waals surface area contributed by atoms with Crippen LogP contribution in [0.4, 0.5) is 4.79 Å². The summed E-state index contributed by atoms with van der Waals surface area (Å²) in [6.45, 7) is 4.77. The number of hydrazine groups is 1. The summed E-state index contributed by atoms with van der Waals surface area (Å²) in [5, 5.41) is 9.72. The van der Waals surface area contributed by atoms with Crippen molar-refractivity contribution in [1.82, 2.24) is 21.1 Å². The molecule has 0 radical (unpaired) electrons. The van der Waals surface area contributed by atoms with E-state index in [9.17, 15) is 24.0 Å². The van der Waals surface area contributed by atoms with Gasteiger partial charge in [-0.1, -0.05) is 35.4 Å². The van der Waals surface area contributed by atoms with Gasteiger partial charge in [-0.3, -0.25) is 24.6 Å². The van der Waals surface area contributed by atoms with Crippen molar-refractivity contribution in [2.45, 2.75) is 70.7 Å². The van der Waals surface area contributed by atoms with Crippen molar-refractivity contribution in [1.29, 1.82) is 0 Å². The Morgan fingerprint density at radius 2 is 1.77 bits per heavy atom. The van der Waals surface area contributed by atoms with Crippen molar-refractivity contribution in [3.63, 3.8) is 0 Å². The van der Waals surface area contributed by atoms with Crippen LogP contribution < -0.4 is 21.8 Å². The minimum absolute atomic E-state index is 0.0260. The zero-order valence-electron chi connectivity index (χ0n) is 23.2. The van der Waals surface area contributed by atoms with Gasteiger partial charge in [0, 0.05) is 37.4 Å². The predicted molar refractivity (Wildman–Crippen MR) is 144 cm³/mol. The summed E-state index contributed by atoms with van der Waals surface area (Å²) < 4.78 is 10.4. The molecule has 0 unspecified atom stereocenters. The number of carbonyl (C=O) groups excluding carboxylic acids is 5. The highest BCUT2D eigenvalue weighted by atomic mass is 16.6. The largest absolute Gasteiger partial charge is 0.460 e. The number of ether oxygens (including phenoxy) is 2. The number of azide groups is 1. The van der Waals surface area contributed by atoms with E-state index in [-0.39, 0.29) is 45.4 Å². The van der Waals surface area contributed by atoms with Crippen molar-refractivity contribution in [3.05, 3.63) is 46.3 Å². The summed E-state index contributed by atoms with van der Waals surface area (Å²) in [6, 6.07) is 7.11. The van der Waals surface area contributed by atoms with E-state index in [2.05, 4.69) is 26.1 Å². The number of hydrogen-bond donors (Lipinski definition) is 4. The van der Waals surface area contributed by atoms with Crippen LogP contribution in [0.3, 0.4) is 0 Å². The number of hydrogen-bond acceptors (Lipinski definition) is 9. The third-order valence-corrected chi connectivity index (χ3v) is 5.03. The zero-order chi connectivity index (χ0) is 30.1. The smallest absolute Gasteiger partial charge is 0.408 e. The maximum atomic E-state index is 13.0. The lowest BCUT2D eigenvalue weighted by Gasteiger charge is -2.25. The number of rotatable bonds is 16. The average Bonchev–Trinajstić information content (AvgIpc) is 2.84. The SMILES string of the molecule is CN(CC(=O)OCc1ccccc1)NC(=O)C[C@H](CCN=[N+]=[N-])NC(=O)[C@H](CCC(N)=O)NC(=O)OC(C)(C)C. The molecule has 0 saturated heterocycles. The van der Waals surface area contributed by atoms with Crippen LogP contribution >= 0.6 is 0 Å². The molecule has 0 saturated carbocycles. The summed E-state index contributed by atoms with van der Waals surface area (Å²) in [5.41, 5.74) is 16.3. The lowest BCUT2D eigenvalue weighted by Crippen LogP contribution is -2.52. The number of amides is 4. The first-order valence-corrected chi connectivity index (χ1v) is 12.6. The molecule has 0 aliphatic rings. The third kappa shape index (κ3) is 15.8. The fourth-order valence-electron chi connectivity index (χ4n) is 3.29. The molecule has 0 aliphatic carbocycles. The molecular weight excluding hydrogens is 524 g/mol. The van der Waals surface area contributed by atoms with Gasteiger partial charge in [-0.25, -0.2) is 9.80 Å². The Balaban J connectivity index is 2.76. The molecule has 0 heterocycles. The number of alkyl carbamates (subject to hydrolysis) is 1. The van der Waals surface area contributed by atoms with Gasteiger partial charge >= 0.3 is 12.1 Å². The first-order chi connectivity index (χ1) is 18.8. The van der Waals surface area contributed by atoms with Gasteiger partial charge in [0.05, 0.1) is 0 Å². The number of primary amides is 1. The molecule has 0 spiro atoms. The second-order valence-electron chi connectivity index (χ2n) is 9.89. The van der Waals surface area contributed by atoms with E-state index >= 15 is 0 Å². The number of nitrogens with zero attached hydrogens (tertiary/aromatic N) is 4. The van der Waals surface area contributed by atoms with Gasteiger partial charge in [0.15, 0.2) is 0 Å². The maximum Gasteiger partial charge on any atom is 0.408 e. The van der Waals surface area contributed by atoms with Crippen LogP contribution in [0.15, 0.2) is 35.4 Å². The van der Waals surface area contributed by atoms with Gasteiger partial charge in [0.25, 0.3) is 0 Å². The highest BCUT2D eigenvalue weighted by Gasteiger charge is 2.27. The molecule has 5 N–H and O–H groups in total. The zero-order valence-corrected chi connectivity index (χ0v) is 23.2. The number of benzene rings is 1. The molecule has 40 heavy (non-hydrogen) atoms. The van der Waals surface area contributed by atoms with Gasteiger partial charge in [-0.2, -0.15) is 0 Å². The van der Waals surface area contributed by atoms with Gasteiger partial charge in [-0.15, -0.1) is 0 Å². The van der Waals surface area contributed by atoms with E-state index in [1.54, 1.807) is 20.8 Å². The van der Waals surface area contributed by atoms with Crippen LogP contribution in [0, 0.1) is 0 Å². The van der Waals surface area contributed by atoms with Gasteiger partial charge < -0.3 is 25.8 Å².